The van der Waals surface area contributed by atoms with E-state index in [0.29, 0.717) is 18.2 Å². The third-order valence-corrected chi connectivity index (χ3v) is 6.47. The van der Waals surface area contributed by atoms with Crippen LogP contribution in [-0.4, -0.2) is 28.7 Å². The molecule has 0 unspecified atom stereocenters. The van der Waals surface area contributed by atoms with Crippen LogP contribution in [0.1, 0.15) is 16.1 Å². The number of halogens is 1. The van der Waals surface area contributed by atoms with E-state index in [-0.39, 0.29) is 5.82 Å². The number of methoxy groups -OCH3 is 1. The molecule has 2 aromatic heterocycles. The van der Waals surface area contributed by atoms with Crippen LogP contribution in [0.15, 0.2) is 60.0 Å². The molecule has 0 amide bonds. The number of hydrogen-bond acceptors (Lipinski definition) is 3. The van der Waals surface area contributed by atoms with E-state index in [1.165, 1.54) is 10.9 Å². The maximum atomic E-state index is 13.8. The number of fused-ring (bicyclic) bond motifs is 1. The van der Waals surface area contributed by atoms with Crippen molar-refractivity contribution in [2.75, 3.05) is 19.0 Å². The molecule has 0 bridgehead atoms. The molecule has 2 aromatic carbocycles. The van der Waals surface area contributed by atoms with E-state index >= 15 is 0 Å². The Balaban J connectivity index is 1.54. The first-order valence-corrected chi connectivity index (χ1v) is 11.3. The molecule has 4 nitrogen and oxygen atoms in total. The molecule has 31 heavy (non-hydrogen) atoms. The smallest absolute Gasteiger partial charge is 0.173 e. The molecule has 0 aliphatic rings. The number of rotatable bonds is 7. The van der Waals surface area contributed by atoms with Crippen molar-refractivity contribution in [1.82, 2.24) is 9.88 Å². The number of nitrogens with one attached hydrogen (secondary N) is 2. The van der Waals surface area contributed by atoms with Crippen LogP contribution in [0.2, 0.25) is 0 Å². The second-order valence-electron chi connectivity index (χ2n) is 7.33. The third kappa shape index (κ3) is 5.06. The topological polar surface area (TPSA) is 40.3 Å². The molecule has 4 rings (SSSR count). The van der Waals surface area contributed by atoms with Crippen LogP contribution in [0.4, 0.5) is 10.1 Å². The highest BCUT2D eigenvalue weighted by Gasteiger charge is 2.15. The average molecular weight is 454 g/mol. The fourth-order valence-corrected chi connectivity index (χ4v) is 4.66. The first-order valence-electron chi connectivity index (χ1n) is 10.0. The van der Waals surface area contributed by atoms with Crippen LogP contribution in [0, 0.1) is 12.7 Å². The predicted molar refractivity (Wildman–Crippen MR) is 131 cm³/mol. The van der Waals surface area contributed by atoms with Gasteiger partial charge in [-0.05, 0) is 72.9 Å². The van der Waals surface area contributed by atoms with Crippen molar-refractivity contribution in [2.24, 2.45) is 0 Å². The minimum absolute atomic E-state index is 0.224. The molecule has 4 aromatic rings. The number of anilines is 1. The Kier molecular flexibility index (Phi) is 6.53. The molecule has 2 N–H and O–H groups in total. The molecule has 0 fully saturated rings. The molecule has 160 valence electrons. The first-order chi connectivity index (χ1) is 15.0. The number of nitrogens with zero attached hydrogens (tertiary/aromatic N) is 1. The zero-order chi connectivity index (χ0) is 21.8. The molecule has 0 aliphatic carbocycles. The van der Waals surface area contributed by atoms with E-state index in [0.717, 1.165) is 40.0 Å². The summed E-state index contributed by atoms with van der Waals surface area (Å²) in [5.74, 6) is 0.549. The number of thiophene rings is 1. The summed E-state index contributed by atoms with van der Waals surface area (Å²) >= 11 is 7.47. The van der Waals surface area contributed by atoms with Gasteiger partial charge in [0.15, 0.2) is 5.11 Å². The van der Waals surface area contributed by atoms with Gasteiger partial charge in [-0.3, -0.25) is 0 Å². The van der Waals surface area contributed by atoms with Crippen LogP contribution >= 0.6 is 23.6 Å². The highest BCUT2D eigenvalue weighted by Crippen LogP contribution is 2.25. The highest BCUT2D eigenvalue weighted by atomic mass is 32.1. The van der Waals surface area contributed by atoms with E-state index in [4.69, 9.17) is 17.0 Å². The van der Waals surface area contributed by atoms with Crippen molar-refractivity contribution in [3.63, 3.8) is 0 Å². The molecular weight excluding hydrogens is 429 g/mol. The minimum Gasteiger partial charge on any atom is -0.497 e. The summed E-state index contributed by atoms with van der Waals surface area (Å²) in [5.41, 5.74) is 4.01. The van der Waals surface area contributed by atoms with Crippen molar-refractivity contribution >= 4 is 45.3 Å². The van der Waals surface area contributed by atoms with E-state index in [1.54, 1.807) is 30.6 Å². The van der Waals surface area contributed by atoms with Crippen LogP contribution in [-0.2, 0) is 13.0 Å². The number of aryl methyl sites for hydroxylation is 1. The Morgan fingerprint density at radius 2 is 2.06 bits per heavy atom. The van der Waals surface area contributed by atoms with Gasteiger partial charge in [0.2, 0.25) is 0 Å². The van der Waals surface area contributed by atoms with Gasteiger partial charge in [0, 0.05) is 39.8 Å². The summed E-state index contributed by atoms with van der Waals surface area (Å²) in [7, 11) is 1.65. The number of thiocarbonyl (C=S) groups is 1. The van der Waals surface area contributed by atoms with E-state index in [2.05, 4.69) is 26.6 Å². The Labute approximate surface area is 190 Å². The third-order valence-electron chi connectivity index (χ3n) is 5.25. The maximum Gasteiger partial charge on any atom is 0.173 e. The largest absolute Gasteiger partial charge is 0.497 e. The van der Waals surface area contributed by atoms with Crippen molar-refractivity contribution in [3.8, 4) is 5.75 Å². The monoisotopic (exact) mass is 453 g/mol. The van der Waals surface area contributed by atoms with Crippen LogP contribution < -0.4 is 10.1 Å². The highest BCUT2D eigenvalue weighted by molar-refractivity contribution is 7.80. The summed E-state index contributed by atoms with van der Waals surface area (Å²) in [6, 6.07) is 16.7. The number of aromatic amines is 1. The molecule has 7 heteroatoms. The van der Waals surface area contributed by atoms with Gasteiger partial charge in [0.25, 0.3) is 0 Å². The summed E-state index contributed by atoms with van der Waals surface area (Å²) in [6.45, 7) is 3.45. The number of H-pyrrole nitrogens is 1. The normalized spacial score (nSPS) is 10.9. The van der Waals surface area contributed by atoms with Gasteiger partial charge >= 0.3 is 0 Å². The molecule has 0 saturated carbocycles. The minimum atomic E-state index is -0.224. The van der Waals surface area contributed by atoms with E-state index < -0.39 is 0 Å². The lowest BCUT2D eigenvalue weighted by Gasteiger charge is -2.26. The van der Waals surface area contributed by atoms with Crippen LogP contribution in [0.5, 0.6) is 5.75 Å². The quantitative estimate of drug-likeness (QED) is 0.330. The number of hydrogen-bond donors (Lipinski definition) is 2. The second-order valence-corrected chi connectivity index (χ2v) is 8.75. The Bertz CT molecular complexity index is 1190. The van der Waals surface area contributed by atoms with E-state index in [1.807, 2.05) is 37.3 Å². The molecule has 0 radical (unpaired) electrons. The second kappa shape index (κ2) is 9.49. The molecule has 0 spiro atoms. The number of aromatic nitrogens is 1. The van der Waals surface area contributed by atoms with Gasteiger partial charge in [-0.15, -0.1) is 11.3 Å². The Morgan fingerprint density at radius 3 is 2.84 bits per heavy atom. The molecular formula is C24H24FN3OS2. The molecule has 0 saturated heterocycles. The van der Waals surface area contributed by atoms with E-state index in [9.17, 15) is 4.39 Å². The maximum absolute atomic E-state index is 13.8. The van der Waals surface area contributed by atoms with Gasteiger partial charge in [0.05, 0.1) is 13.7 Å². The molecule has 0 aliphatic heterocycles. The zero-order valence-corrected chi connectivity index (χ0v) is 19.1. The van der Waals surface area contributed by atoms with Gasteiger partial charge in [0.1, 0.15) is 11.6 Å². The number of benzene rings is 2. The van der Waals surface area contributed by atoms with Crippen LogP contribution in [0.3, 0.4) is 0 Å². The zero-order valence-electron chi connectivity index (χ0n) is 17.4. The Hall–Kier alpha value is -2.90. The summed E-state index contributed by atoms with van der Waals surface area (Å²) < 4.78 is 19.2. The fourth-order valence-electron chi connectivity index (χ4n) is 3.67. The van der Waals surface area contributed by atoms with Crippen molar-refractivity contribution in [1.29, 1.82) is 0 Å². The summed E-state index contributed by atoms with van der Waals surface area (Å²) in [6.07, 6.45) is 0.751. The lowest BCUT2D eigenvalue weighted by Crippen LogP contribution is -2.35. The lowest BCUT2D eigenvalue weighted by atomic mass is 10.1. The van der Waals surface area contributed by atoms with Crippen molar-refractivity contribution in [3.05, 3.63) is 81.9 Å². The predicted octanol–water partition coefficient (Wildman–Crippen LogP) is 6.13. The van der Waals surface area contributed by atoms with Crippen molar-refractivity contribution in [2.45, 2.75) is 19.9 Å². The fraction of sp³-hybridized carbons (Fsp3) is 0.208. The standard InChI is InChI=1S/C24H24FN3OS2/c1-16-21(22-13-17(25)8-9-23(22)26-16)10-11-28(15-20-7-4-12-31-20)24(30)27-18-5-3-6-19(14-18)29-2/h3-9,12-14,26H,10-11,15H2,1-2H3,(H,27,30). The van der Waals surface area contributed by atoms with Gasteiger partial charge in [-0.1, -0.05) is 12.1 Å². The van der Waals surface area contributed by atoms with Crippen LogP contribution in [0.25, 0.3) is 10.9 Å². The lowest BCUT2D eigenvalue weighted by molar-refractivity contribution is 0.415. The SMILES string of the molecule is COc1cccc(NC(=S)N(CCc2c(C)[nH]c3ccc(F)cc23)Cc2cccs2)c1. The number of ether oxygens (including phenoxy) is 1. The average Bonchev–Trinajstić information content (AvgIpc) is 3.38. The first kappa shape index (κ1) is 21.3. The van der Waals surface area contributed by atoms with Gasteiger partial charge in [-0.2, -0.15) is 0 Å². The summed E-state index contributed by atoms with van der Waals surface area (Å²) in [4.78, 5) is 6.74. The molecule has 2 heterocycles. The van der Waals surface area contributed by atoms with Gasteiger partial charge in [-0.25, -0.2) is 4.39 Å². The Morgan fingerprint density at radius 1 is 1.19 bits per heavy atom. The summed E-state index contributed by atoms with van der Waals surface area (Å²) in [5, 5.41) is 6.98. The molecule has 0 atom stereocenters. The van der Waals surface area contributed by atoms with Crippen molar-refractivity contribution < 1.29 is 9.13 Å². The van der Waals surface area contributed by atoms with Gasteiger partial charge < -0.3 is 19.9 Å².